The van der Waals surface area contributed by atoms with Crippen molar-refractivity contribution in [1.29, 1.82) is 0 Å². The monoisotopic (exact) mass is 171 g/mol. The van der Waals surface area contributed by atoms with Gasteiger partial charge in [0, 0.05) is 6.04 Å². The highest BCUT2D eigenvalue weighted by Gasteiger charge is 2.18. The van der Waals surface area contributed by atoms with E-state index in [1.165, 1.54) is 0 Å². The van der Waals surface area contributed by atoms with Crippen LogP contribution in [0.15, 0.2) is 12.2 Å². The zero-order valence-corrected chi connectivity index (χ0v) is 8.59. The summed E-state index contributed by atoms with van der Waals surface area (Å²) in [6.45, 7) is 9.89. The summed E-state index contributed by atoms with van der Waals surface area (Å²) in [6.07, 6.45) is 0.558. The summed E-state index contributed by atoms with van der Waals surface area (Å²) < 4.78 is 0. The van der Waals surface area contributed by atoms with Crippen LogP contribution in [0.4, 0.5) is 0 Å². The summed E-state index contributed by atoms with van der Waals surface area (Å²) >= 11 is 0. The Morgan fingerprint density at radius 1 is 1.50 bits per heavy atom. The van der Waals surface area contributed by atoms with Gasteiger partial charge in [0.05, 0.1) is 6.10 Å². The van der Waals surface area contributed by atoms with Crippen molar-refractivity contribution >= 4 is 0 Å². The van der Waals surface area contributed by atoms with Crippen LogP contribution in [-0.2, 0) is 0 Å². The van der Waals surface area contributed by atoms with Gasteiger partial charge in [-0.3, -0.25) is 0 Å². The van der Waals surface area contributed by atoms with Crippen molar-refractivity contribution in [3.05, 3.63) is 12.2 Å². The maximum atomic E-state index is 9.67. The van der Waals surface area contributed by atoms with Crippen LogP contribution >= 0.6 is 0 Å². The number of likely N-dealkylation sites (N-methyl/N-ethyl adjacent to an activating group) is 1. The summed E-state index contributed by atoms with van der Waals surface area (Å²) in [4.78, 5) is 0. The van der Waals surface area contributed by atoms with Gasteiger partial charge in [0.1, 0.15) is 0 Å². The van der Waals surface area contributed by atoms with E-state index in [0.717, 1.165) is 12.0 Å². The third-order valence-corrected chi connectivity index (χ3v) is 1.98. The molecule has 2 heteroatoms. The highest BCUT2D eigenvalue weighted by atomic mass is 16.3. The van der Waals surface area contributed by atoms with E-state index < -0.39 is 6.10 Å². The van der Waals surface area contributed by atoms with Gasteiger partial charge in [-0.25, -0.2) is 0 Å². The SMILES string of the molecule is C=C(C)[C@H](O)[C@H](CC(C)C)NC. The number of hydrogen-bond donors (Lipinski definition) is 2. The molecule has 0 amide bonds. The van der Waals surface area contributed by atoms with Crippen LogP contribution in [0.1, 0.15) is 27.2 Å². The Morgan fingerprint density at radius 3 is 2.25 bits per heavy atom. The summed E-state index contributed by atoms with van der Waals surface area (Å²) in [6, 6.07) is 0.141. The summed E-state index contributed by atoms with van der Waals surface area (Å²) in [5, 5.41) is 12.8. The molecule has 0 spiro atoms. The normalized spacial score (nSPS) is 16.2. The Kier molecular flexibility index (Phi) is 5.18. The third-order valence-electron chi connectivity index (χ3n) is 1.98. The molecular weight excluding hydrogens is 150 g/mol. The van der Waals surface area contributed by atoms with Crippen molar-refractivity contribution in [3.8, 4) is 0 Å². The molecule has 0 saturated heterocycles. The highest BCUT2D eigenvalue weighted by molar-refractivity contribution is 5.02. The van der Waals surface area contributed by atoms with Gasteiger partial charge < -0.3 is 10.4 Å². The second-order valence-corrected chi connectivity index (χ2v) is 3.82. The topological polar surface area (TPSA) is 32.3 Å². The molecule has 0 rings (SSSR count). The van der Waals surface area contributed by atoms with Gasteiger partial charge in [0.25, 0.3) is 0 Å². The first kappa shape index (κ1) is 11.7. The lowest BCUT2D eigenvalue weighted by Crippen LogP contribution is -2.39. The molecule has 12 heavy (non-hydrogen) atoms. The van der Waals surface area contributed by atoms with Crippen LogP contribution in [0, 0.1) is 5.92 Å². The predicted molar refractivity (Wildman–Crippen MR) is 53.1 cm³/mol. The van der Waals surface area contributed by atoms with E-state index in [2.05, 4.69) is 25.7 Å². The fourth-order valence-corrected chi connectivity index (χ4v) is 1.26. The molecule has 2 N–H and O–H groups in total. The van der Waals surface area contributed by atoms with Crippen molar-refractivity contribution < 1.29 is 5.11 Å². The van der Waals surface area contributed by atoms with Crippen molar-refractivity contribution in [2.75, 3.05) is 7.05 Å². The molecule has 0 saturated carbocycles. The van der Waals surface area contributed by atoms with Crippen molar-refractivity contribution in [2.45, 2.75) is 39.3 Å². The highest BCUT2D eigenvalue weighted by Crippen LogP contribution is 2.12. The molecule has 0 aromatic carbocycles. The molecule has 0 aromatic rings. The molecule has 0 heterocycles. The summed E-state index contributed by atoms with van der Waals surface area (Å²) in [7, 11) is 1.87. The summed E-state index contributed by atoms with van der Waals surface area (Å²) in [5.74, 6) is 0.594. The van der Waals surface area contributed by atoms with Gasteiger partial charge in [-0.1, -0.05) is 26.0 Å². The van der Waals surface area contributed by atoms with E-state index >= 15 is 0 Å². The minimum atomic E-state index is -0.419. The second kappa shape index (κ2) is 5.33. The minimum absolute atomic E-state index is 0.141. The molecule has 0 aliphatic heterocycles. The largest absolute Gasteiger partial charge is 0.387 e. The Hall–Kier alpha value is -0.340. The van der Waals surface area contributed by atoms with Crippen LogP contribution in [0.3, 0.4) is 0 Å². The van der Waals surface area contributed by atoms with E-state index in [0.29, 0.717) is 5.92 Å². The van der Waals surface area contributed by atoms with E-state index in [4.69, 9.17) is 0 Å². The van der Waals surface area contributed by atoms with Crippen LogP contribution in [-0.4, -0.2) is 24.3 Å². The summed E-state index contributed by atoms with van der Waals surface area (Å²) in [5.41, 5.74) is 0.829. The number of rotatable bonds is 5. The second-order valence-electron chi connectivity index (χ2n) is 3.82. The minimum Gasteiger partial charge on any atom is -0.387 e. The zero-order valence-electron chi connectivity index (χ0n) is 8.59. The molecule has 0 aliphatic rings. The lowest BCUT2D eigenvalue weighted by atomic mass is 9.96. The Morgan fingerprint density at radius 2 is 2.00 bits per heavy atom. The standard InChI is InChI=1S/C10H21NO/c1-7(2)6-9(11-5)10(12)8(3)4/h7,9-12H,3,6H2,1-2,4-5H3/t9-,10-/m0/s1. The third kappa shape index (κ3) is 3.88. The first-order valence-corrected chi connectivity index (χ1v) is 4.49. The van der Waals surface area contributed by atoms with Crippen LogP contribution in [0.2, 0.25) is 0 Å². The smallest absolute Gasteiger partial charge is 0.0897 e. The van der Waals surface area contributed by atoms with E-state index in [9.17, 15) is 5.11 Å². The lowest BCUT2D eigenvalue weighted by Gasteiger charge is -2.24. The molecule has 0 unspecified atom stereocenters. The van der Waals surface area contributed by atoms with Crippen molar-refractivity contribution in [3.63, 3.8) is 0 Å². The van der Waals surface area contributed by atoms with Crippen LogP contribution in [0.25, 0.3) is 0 Å². The average Bonchev–Trinajstić information content (AvgIpc) is 1.98. The molecule has 2 atom stereocenters. The first-order chi connectivity index (χ1) is 5.49. The van der Waals surface area contributed by atoms with Crippen molar-refractivity contribution in [2.24, 2.45) is 5.92 Å². The number of aliphatic hydroxyl groups is 1. The van der Waals surface area contributed by atoms with Gasteiger partial charge in [-0.05, 0) is 26.3 Å². The Labute approximate surface area is 75.7 Å². The number of nitrogens with one attached hydrogen (secondary N) is 1. The maximum Gasteiger partial charge on any atom is 0.0897 e. The van der Waals surface area contributed by atoms with Gasteiger partial charge in [0.2, 0.25) is 0 Å². The van der Waals surface area contributed by atoms with Crippen LogP contribution < -0.4 is 5.32 Å². The maximum absolute atomic E-state index is 9.67. The molecule has 0 aliphatic carbocycles. The Balaban J connectivity index is 4.05. The van der Waals surface area contributed by atoms with Gasteiger partial charge in [0.15, 0.2) is 0 Å². The number of hydrogen-bond acceptors (Lipinski definition) is 2. The number of aliphatic hydroxyl groups excluding tert-OH is 1. The zero-order chi connectivity index (χ0) is 9.72. The quantitative estimate of drug-likeness (QED) is 0.615. The molecule has 0 aromatic heterocycles. The molecule has 0 radical (unpaired) electrons. The Bertz CT molecular complexity index is 143. The molecule has 0 fully saturated rings. The molecular formula is C10H21NO. The van der Waals surface area contributed by atoms with Crippen LogP contribution in [0.5, 0.6) is 0 Å². The lowest BCUT2D eigenvalue weighted by molar-refractivity contribution is 0.152. The predicted octanol–water partition coefficient (Wildman–Crippen LogP) is 1.56. The fourth-order valence-electron chi connectivity index (χ4n) is 1.26. The van der Waals surface area contributed by atoms with E-state index in [1.807, 2.05) is 14.0 Å². The first-order valence-electron chi connectivity index (χ1n) is 4.49. The molecule has 72 valence electrons. The van der Waals surface area contributed by atoms with E-state index in [1.54, 1.807) is 0 Å². The average molecular weight is 171 g/mol. The van der Waals surface area contributed by atoms with Gasteiger partial charge in [-0.15, -0.1) is 0 Å². The van der Waals surface area contributed by atoms with E-state index in [-0.39, 0.29) is 6.04 Å². The van der Waals surface area contributed by atoms with Gasteiger partial charge >= 0.3 is 0 Å². The molecule has 0 bridgehead atoms. The molecule has 2 nitrogen and oxygen atoms in total. The fraction of sp³-hybridized carbons (Fsp3) is 0.800. The van der Waals surface area contributed by atoms with Gasteiger partial charge in [-0.2, -0.15) is 0 Å². The van der Waals surface area contributed by atoms with Crippen molar-refractivity contribution in [1.82, 2.24) is 5.32 Å².